The van der Waals surface area contributed by atoms with Gasteiger partial charge in [-0.3, -0.25) is 9.69 Å². The van der Waals surface area contributed by atoms with Gasteiger partial charge in [0.25, 0.3) is 0 Å². The number of ketones is 1. The van der Waals surface area contributed by atoms with Crippen LogP contribution in [0, 0.1) is 0 Å². The Bertz CT molecular complexity index is 711. The van der Waals surface area contributed by atoms with E-state index >= 15 is 0 Å². The standard InChI is InChI=1S/C18H15Cl2NO/c19-16-9-15(10-17(20)11-16)18(22)14-5-3-4-13(8-14)12-21-6-1-2-7-21/h1-5,8-11H,6-7,12H2. The van der Waals surface area contributed by atoms with E-state index in [9.17, 15) is 4.79 Å². The van der Waals surface area contributed by atoms with E-state index in [0.29, 0.717) is 21.2 Å². The Morgan fingerprint density at radius 3 is 2.32 bits per heavy atom. The smallest absolute Gasteiger partial charge is 0.193 e. The van der Waals surface area contributed by atoms with Gasteiger partial charge in [0.2, 0.25) is 0 Å². The highest BCUT2D eigenvalue weighted by molar-refractivity contribution is 6.35. The third-order valence-corrected chi connectivity index (χ3v) is 4.05. The number of halogens is 2. The maximum absolute atomic E-state index is 12.6. The van der Waals surface area contributed by atoms with E-state index in [1.165, 1.54) is 0 Å². The summed E-state index contributed by atoms with van der Waals surface area (Å²) in [6.45, 7) is 2.76. The molecule has 0 aromatic heterocycles. The van der Waals surface area contributed by atoms with E-state index in [0.717, 1.165) is 25.2 Å². The Morgan fingerprint density at radius 1 is 0.955 bits per heavy atom. The van der Waals surface area contributed by atoms with Crippen molar-refractivity contribution < 1.29 is 4.79 Å². The first kappa shape index (κ1) is 15.3. The lowest BCUT2D eigenvalue weighted by Gasteiger charge is -2.15. The summed E-state index contributed by atoms with van der Waals surface area (Å²) in [7, 11) is 0. The summed E-state index contributed by atoms with van der Waals surface area (Å²) in [6, 6.07) is 12.6. The van der Waals surface area contributed by atoms with E-state index in [2.05, 4.69) is 17.1 Å². The lowest BCUT2D eigenvalue weighted by molar-refractivity contribution is 0.103. The molecule has 0 unspecified atom stereocenters. The second kappa shape index (κ2) is 6.66. The van der Waals surface area contributed by atoms with E-state index in [1.54, 1.807) is 18.2 Å². The molecule has 0 bridgehead atoms. The van der Waals surface area contributed by atoms with Gasteiger partial charge in [-0.15, -0.1) is 0 Å². The second-order valence-electron chi connectivity index (χ2n) is 5.35. The lowest BCUT2D eigenvalue weighted by Crippen LogP contribution is -2.19. The predicted octanol–water partition coefficient (Wildman–Crippen LogP) is 4.60. The fourth-order valence-corrected chi connectivity index (χ4v) is 3.10. The molecule has 4 heteroatoms. The Hall–Kier alpha value is -1.61. The molecule has 0 saturated carbocycles. The van der Waals surface area contributed by atoms with Gasteiger partial charge in [-0.05, 0) is 29.8 Å². The number of benzene rings is 2. The summed E-state index contributed by atoms with van der Waals surface area (Å²) in [4.78, 5) is 14.9. The summed E-state index contributed by atoms with van der Waals surface area (Å²) < 4.78 is 0. The summed E-state index contributed by atoms with van der Waals surface area (Å²) in [6.07, 6.45) is 4.31. The minimum atomic E-state index is -0.0641. The summed E-state index contributed by atoms with van der Waals surface area (Å²) in [5, 5.41) is 0.935. The first-order valence-corrected chi connectivity index (χ1v) is 7.84. The van der Waals surface area contributed by atoms with Gasteiger partial charge in [-0.25, -0.2) is 0 Å². The topological polar surface area (TPSA) is 20.3 Å². The van der Waals surface area contributed by atoms with Gasteiger partial charge < -0.3 is 0 Å². The number of nitrogens with zero attached hydrogens (tertiary/aromatic N) is 1. The molecular weight excluding hydrogens is 317 g/mol. The Balaban J connectivity index is 1.83. The molecule has 2 aromatic rings. The van der Waals surface area contributed by atoms with Crippen LogP contribution in [0.4, 0.5) is 0 Å². The lowest BCUT2D eigenvalue weighted by atomic mass is 10.0. The van der Waals surface area contributed by atoms with E-state index < -0.39 is 0 Å². The average Bonchev–Trinajstić information content (AvgIpc) is 2.98. The third-order valence-electron chi connectivity index (χ3n) is 3.61. The number of carbonyl (C=O) groups excluding carboxylic acids is 1. The van der Waals surface area contributed by atoms with Gasteiger partial charge in [-0.2, -0.15) is 0 Å². The monoisotopic (exact) mass is 331 g/mol. The fourth-order valence-electron chi connectivity index (χ4n) is 2.57. The van der Waals surface area contributed by atoms with Crippen LogP contribution < -0.4 is 0 Å². The predicted molar refractivity (Wildman–Crippen MR) is 90.8 cm³/mol. The number of hydrogen-bond acceptors (Lipinski definition) is 2. The molecule has 0 radical (unpaired) electrons. The van der Waals surface area contributed by atoms with E-state index in [4.69, 9.17) is 23.2 Å². The Labute approximate surface area is 140 Å². The fraction of sp³-hybridized carbons (Fsp3) is 0.167. The van der Waals surface area contributed by atoms with E-state index in [-0.39, 0.29) is 5.78 Å². The highest BCUT2D eigenvalue weighted by atomic mass is 35.5. The highest BCUT2D eigenvalue weighted by Gasteiger charge is 2.13. The maximum Gasteiger partial charge on any atom is 0.193 e. The van der Waals surface area contributed by atoms with Crippen LogP contribution in [0.1, 0.15) is 21.5 Å². The molecule has 0 saturated heterocycles. The van der Waals surface area contributed by atoms with Crippen molar-refractivity contribution in [2.75, 3.05) is 13.1 Å². The van der Waals surface area contributed by atoms with Crippen LogP contribution in [-0.4, -0.2) is 23.8 Å². The first-order chi connectivity index (χ1) is 10.6. The van der Waals surface area contributed by atoms with Gasteiger partial charge >= 0.3 is 0 Å². The molecule has 0 spiro atoms. The molecule has 1 heterocycles. The molecule has 0 fully saturated rings. The summed E-state index contributed by atoms with van der Waals surface area (Å²) in [5.41, 5.74) is 2.29. The third kappa shape index (κ3) is 3.58. The van der Waals surface area contributed by atoms with Crippen molar-refractivity contribution in [1.82, 2.24) is 4.90 Å². The zero-order valence-corrected chi connectivity index (χ0v) is 13.4. The van der Waals surface area contributed by atoms with Gasteiger partial charge in [0, 0.05) is 40.8 Å². The minimum Gasteiger partial charge on any atom is -0.292 e. The molecule has 3 rings (SSSR count). The molecule has 2 nitrogen and oxygen atoms in total. The van der Waals surface area contributed by atoms with Crippen molar-refractivity contribution >= 4 is 29.0 Å². The van der Waals surface area contributed by atoms with Gasteiger partial charge in [0.05, 0.1) is 0 Å². The van der Waals surface area contributed by atoms with E-state index in [1.807, 2.05) is 24.3 Å². The zero-order chi connectivity index (χ0) is 15.5. The minimum absolute atomic E-state index is 0.0641. The molecule has 2 aromatic carbocycles. The largest absolute Gasteiger partial charge is 0.292 e. The molecule has 0 N–H and O–H groups in total. The number of carbonyl (C=O) groups is 1. The average molecular weight is 332 g/mol. The normalized spacial score (nSPS) is 14.5. The Morgan fingerprint density at radius 2 is 1.64 bits per heavy atom. The van der Waals surface area contributed by atoms with Gasteiger partial charge in [0.15, 0.2) is 5.78 Å². The summed E-state index contributed by atoms with van der Waals surface area (Å²) in [5.74, 6) is -0.0641. The van der Waals surface area contributed by atoms with Crippen molar-refractivity contribution in [3.8, 4) is 0 Å². The molecule has 1 aliphatic heterocycles. The van der Waals surface area contributed by atoms with Gasteiger partial charge in [-0.1, -0.05) is 53.6 Å². The van der Waals surface area contributed by atoms with Crippen LogP contribution in [0.5, 0.6) is 0 Å². The van der Waals surface area contributed by atoms with Gasteiger partial charge in [0.1, 0.15) is 0 Å². The van der Waals surface area contributed by atoms with Crippen LogP contribution >= 0.6 is 23.2 Å². The van der Waals surface area contributed by atoms with Crippen molar-refractivity contribution in [2.24, 2.45) is 0 Å². The van der Waals surface area contributed by atoms with Crippen LogP contribution in [0.3, 0.4) is 0 Å². The second-order valence-corrected chi connectivity index (χ2v) is 6.23. The molecular formula is C18H15Cl2NO. The number of rotatable bonds is 4. The van der Waals surface area contributed by atoms with Crippen LogP contribution in [0.2, 0.25) is 10.0 Å². The van der Waals surface area contributed by atoms with Crippen LogP contribution in [-0.2, 0) is 6.54 Å². The molecule has 0 amide bonds. The zero-order valence-electron chi connectivity index (χ0n) is 11.9. The molecule has 0 atom stereocenters. The SMILES string of the molecule is O=C(c1cc(Cl)cc(Cl)c1)c1cccc(CN2CC=CC2)c1. The van der Waals surface area contributed by atoms with Crippen molar-refractivity contribution in [3.05, 3.63) is 81.4 Å². The van der Waals surface area contributed by atoms with Crippen LogP contribution in [0.15, 0.2) is 54.6 Å². The first-order valence-electron chi connectivity index (χ1n) is 7.09. The van der Waals surface area contributed by atoms with Crippen molar-refractivity contribution in [1.29, 1.82) is 0 Å². The molecule has 0 aliphatic carbocycles. The van der Waals surface area contributed by atoms with Crippen molar-refractivity contribution in [3.63, 3.8) is 0 Å². The molecule has 112 valence electrons. The summed E-state index contributed by atoms with van der Waals surface area (Å²) >= 11 is 12.0. The molecule has 1 aliphatic rings. The highest BCUT2D eigenvalue weighted by Crippen LogP contribution is 2.22. The maximum atomic E-state index is 12.6. The molecule has 22 heavy (non-hydrogen) atoms. The number of hydrogen-bond donors (Lipinski definition) is 0. The Kier molecular flexibility index (Phi) is 4.63. The quantitative estimate of drug-likeness (QED) is 0.603. The van der Waals surface area contributed by atoms with Crippen LogP contribution in [0.25, 0.3) is 0 Å². The van der Waals surface area contributed by atoms with Crippen molar-refractivity contribution in [2.45, 2.75) is 6.54 Å².